The Morgan fingerprint density at radius 2 is 1.80 bits per heavy atom. The Hall–Kier alpha value is -2.04. The van der Waals surface area contributed by atoms with Gasteiger partial charge in [-0.1, -0.05) is 12.1 Å². The number of carboxylic acid groups (broad SMARTS) is 1. The number of hydrogen-bond donors (Lipinski definition) is 3. The fourth-order valence-electron chi connectivity index (χ4n) is 1.22. The Labute approximate surface area is 86.4 Å². The molecule has 0 bridgehead atoms. The molecule has 0 saturated heterocycles. The molecule has 1 amide bonds. The average Bonchev–Trinajstić information content (AvgIpc) is 2.20. The predicted octanol–water partition coefficient (Wildman–Crippen LogP) is 0.306. The summed E-state index contributed by atoms with van der Waals surface area (Å²) < 4.78 is 0. The normalized spacial score (nSPS) is 11.8. The van der Waals surface area contributed by atoms with Crippen LogP contribution in [-0.4, -0.2) is 29.1 Å². The van der Waals surface area contributed by atoms with E-state index in [-0.39, 0.29) is 5.75 Å². The molecule has 0 heterocycles. The van der Waals surface area contributed by atoms with Crippen LogP contribution in [0.15, 0.2) is 24.3 Å². The van der Waals surface area contributed by atoms with Gasteiger partial charge in [0.05, 0.1) is 0 Å². The van der Waals surface area contributed by atoms with Gasteiger partial charge in [-0.05, 0) is 17.7 Å². The summed E-state index contributed by atoms with van der Waals surface area (Å²) in [5, 5.41) is 20.2. The quantitative estimate of drug-likeness (QED) is 0.625. The maximum Gasteiger partial charge on any atom is 0.320 e. The number of phenols is 1. The molecule has 0 radical (unpaired) electrons. The van der Waals surface area contributed by atoms with E-state index in [0.717, 1.165) is 0 Å². The molecule has 80 valence electrons. The Balaban J connectivity index is 3.04. The summed E-state index contributed by atoms with van der Waals surface area (Å²) >= 11 is 0. The Kier molecular flexibility index (Phi) is 3.28. The fraction of sp³-hybridized carbons (Fsp3) is 0.200. The molecule has 5 nitrogen and oxygen atoms in total. The number of benzene rings is 1. The van der Waals surface area contributed by atoms with Crippen LogP contribution in [0.5, 0.6) is 5.75 Å². The molecule has 1 unspecified atom stereocenters. The monoisotopic (exact) mass is 209 g/mol. The van der Waals surface area contributed by atoms with Crippen LogP contribution in [0, 0.1) is 0 Å². The molecule has 0 saturated carbocycles. The van der Waals surface area contributed by atoms with Crippen molar-refractivity contribution in [2.24, 2.45) is 0 Å². The van der Waals surface area contributed by atoms with Crippen LogP contribution in [0.3, 0.4) is 0 Å². The number of carbonyl (C=O) groups is 2. The van der Waals surface area contributed by atoms with E-state index in [1.807, 2.05) is 0 Å². The zero-order chi connectivity index (χ0) is 11.4. The molecule has 0 spiro atoms. The zero-order valence-electron chi connectivity index (χ0n) is 8.10. The lowest BCUT2D eigenvalue weighted by Crippen LogP contribution is -2.31. The number of phenolic OH excluding ortho intramolecular Hbond substituents is 1. The van der Waals surface area contributed by atoms with Gasteiger partial charge in [-0.3, -0.25) is 9.59 Å². The Bertz CT molecular complexity index is 372. The minimum atomic E-state index is -1.24. The summed E-state index contributed by atoms with van der Waals surface area (Å²) in [7, 11) is 1.37. The third-order valence-electron chi connectivity index (χ3n) is 1.98. The average molecular weight is 209 g/mol. The first-order valence-electron chi connectivity index (χ1n) is 4.29. The molecular weight excluding hydrogens is 198 g/mol. The Morgan fingerprint density at radius 3 is 2.20 bits per heavy atom. The van der Waals surface area contributed by atoms with Gasteiger partial charge in [0.1, 0.15) is 5.75 Å². The van der Waals surface area contributed by atoms with Gasteiger partial charge in [0.2, 0.25) is 5.91 Å². The van der Waals surface area contributed by atoms with Crippen molar-refractivity contribution in [2.45, 2.75) is 5.92 Å². The lowest BCUT2D eigenvalue weighted by molar-refractivity contribution is -0.143. The molecule has 1 atom stereocenters. The smallest absolute Gasteiger partial charge is 0.320 e. The number of aliphatic carboxylic acids is 1. The third kappa shape index (κ3) is 2.46. The van der Waals surface area contributed by atoms with Gasteiger partial charge >= 0.3 is 5.97 Å². The molecule has 1 aromatic rings. The van der Waals surface area contributed by atoms with Crippen molar-refractivity contribution in [3.63, 3.8) is 0 Å². The second kappa shape index (κ2) is 4.45. The van der Waals surface area contributed by atoms with Crippen molar-refractivity contribution in [1.29, 1.82) is 0 Å². The lowest BCUT2D eigenvalue weighted by Gasteiger charge is -2.10. The first-order chi connectivity index (χ1) is 7.06. The number of hydrogen-bond acceptors (Lipinski definition) is 3. The van der Waals surface area contributed by atoms with Crippen LogP contribution in [-0.2, 0) is 9.59 Å². The molecule has 15 heavy (non-hydrogen) atoms. The third-order valence-corrected chi connectivity index (χ3v) is 1.98. The topological polar surface area (TPSA) is 86.6 Å². The molecule has 1 rings (SSSR count). The zero-order valence-corrected chi connectivity index (χ0v) is 8.10. The Morgan fingerprint density at radius 1 is 1.27 bits per heavy atom. The van der Waals surface area contributed by atoms with E-state index in [9.17, 15) is 9.59 Å². The molecule has 0 aliphatic carbocycles. The summed E-state index contributed by atoms with van der Waals surface area (Å²) in [5.41, 5.74) is 0.333. The first kappa shape index (κ1) is 11.0. The molecular formula is C10H11NO4. The van der Waals surface area contributed by atoms with Crippen LogP contribution in [0.25, 0.3) is 0 Å². The van der Waals surface area contributed by atoms with E-state index in [4.69, 9.17) is 10.2 Å². The van der Waals surface area contributed by atoms with Crippen molar-refractivity contribution in [3.8, 4) is 5.75 Å². The van der Waals surface area contributed by atoms with E-state index in [2.05, 4.69) is 5.32 Å². The maximum absolute atomic E-state index is 11.3. The summed E-state index contributed by atoms with van der Waals surface area (Å²) in [4.78, 5) is 22.1. The van der Waals surface area contributed by atoms with E-state index >= 15 is 0 Å². The number of rotatable bonds is 3. The summed E-state index contributed by atoms with van der Waals surface area (Å²) in [6, 6.07) is 5.50. The van der Waals surface area contributed by atoms with Crippen molar-refractivity contribution in [2.75, 3.05) is 7.05 Å². The van der Waals surface area contributed by atoms with Crippen molar-refractivity contribution in [1.82, 2.24) is 5.32 Å². The van der Waals surface area contributed by atoms with Crippen molar-refractivity contribution in [3.05, 3.63) is 29.8 Å². The number of carboxylic acids is 1. The minimum absolute atomic E-state index is 0.0276. The lowest BCUT2D eigenvalue weighted by atomic mass is 9.98. The predicted molar refractivity (Wildman–Crippen MR) is 52.6 cm³/mol. The first-order valence-corrected chi connectivity index (χ1v) is 4.29. The summed E-state index contributed by atoms with van der Waals surface area (Å²) in [6.45, 7) is 0. The van der Waals surface area contributed by atoms with Gasteiger partial charge in [0, 0.05) is 7.05 Å². The number of likely N-dealkylation sites (N-methyl/N-ethyl adjacent to an activating group) is 1. The standard InChI is InChI=1S/C10H11NO4/c1-11-9(13)8(10(14)15)6-2-4-7(12)5-3-6/h2-5,8,12H,1H3,(H,11,13)(H,14,15). The minimum Gasteiger partial charge on any atom is -0.508 e. The highest BCUT2D eigenvalue weighted by Gasteiger charge is 2.26. The molecule has 0 aliphatic rings. The number of aromatic hydroxyl groups is 1. The van der Waals surface area contributed by atoms with Gasteiger partial charge in [0.25, 0.3) is 0 Å². The largest absolute Gasteiger partial charge is 0.508 e. The van der Waals surface area contributed by atoms with E-state index in [0.29, 0.717) is 5.56 Å². The highest BCUT2D eigenvalue weighted by molar-refractivity contribution is 6.02. The summed E-state index contributed by atoms with van der Waals surface area (Å²) in [5.74, 6) is -3.02. The van der Waals surface area contributed by atoms with E-state index < -0.39 is 17.8 Å². The van der Waals surface area contributed by atoms with Crippen LogP contribution in [0.1, 0.15) is 11.5 Å². The van der Waals surface area contributed by atoms with Crippen molar-refractivity contribution >= 4 is 11.9 Å². The molecule has 1 aromatic carbocycles. The second-order valence-corrected chi connectivity index (χ2v) is 2.98. The highest BCUT2D eigenvalue weighted by atomic mass is 16.4. The summed E-state index contributed by atoms with van der Waals surface area (Å²) in [6.07, 6.45) is 0. The highest BCUT2D eigenvalue weighted by Crippen LogP contribution is 2.19. The molecule has 5 heteroatoms. The van der Waals surface area contributed by atoms with E-state index in [1.54, 1.807) is 0 Å². The molecule has 3 N–H and O–H groups in total. The number of carbonyl (C=O) groups excluding carboxylic acids is 1. The van der Waals surface area contributed by atoms with Gasteiger partial charge in [-0.2, -0.15) is 0 Å². The van der Waals surface area contributed by atoms with E-state index in [1.165, 1.54) is 31.3 Å². The van der Waals surface area contributed by atoms with Gasteiger partial charge in [0.15, 0.2) is 5.92 Å². The fourth-order valence-corrected chi connectivity index (χ4v) is 1.22. The van der Waals surface area contributed by atoms with Crippen LogP contribution < -0.4 is 5.32 Å². The molecule has 0 fully saturated rings. The number of nitrogens with one attached hydrogen (secondary N) is 1. The van der Waals surface area contributed by atoms with Gasteiger partial charge in [-0.25, -0.2) is 0 Å². The number of amides is 1. The SMILES string of the molecule is CNC(=O)C(C(=O)O)c1ccc(O)cc1. The second-order valence-electron chi connectivity index (χ2n) is 2.98. The maximum atomic E-state index is 11.3. The van der Waals surface area contributed by atoms with Gasteiger partial charge < -0.3 is 15.5 Å². The van der Waals surface area contributed by atoms with Crippen LogP contribution in [0.4, 0.5) is 0 Å². The molecule has 0 aliphatic heterocycles. The molecule has 0 aromatic heterocycles. The van der Waals surface area contributed by atoms with Gasteiger partial charge in [-0.15, -0.1) is 0 Å². The van der Waals surface area contributed by atoms with Crippen LogP contribution in [0.2, 0.25) is 0 Å². The van der Waals surface area contributed by atoms with Crippen LogP contribution >= 0.6 is 0 Å². The van der Waals surface area contributed by atoms with Crippen molar-refractivity contribution < 1.29 is 19.8 Å².